The van der Waals surface area contributed by atoms with E-state index in [0.29, 0.717) is 13.0 Å². The summed E-state index contributed by atoms with van der Waals surface area (Å²) in [5, 5.41) is 14.4. The van der Waals surface area contributed by atoms with Crippen LogP contribution in [0.4, 0.5) is 4.79 Å². The molecule has 0 fully saturated rings. The van der Waals surface area contributed by atoms with Crippen molar-refractivity contribution in [2.24, 2.45) is 5.41 Å². The summed E-state index contributed by atoms with van der Waals surface area (Å²) in [6.07, 6.45) is -0.367. The van der Waals surface area contributed by atoms with Crippen LogP contribution in [0.3, 0.4) is 0 Å². The second kappa shape index (κ2) is 10.6. The maximum atomic E-state index is 12.4. The summed E-state index contributed by atoms with van der Waals surface area (Å²) in [7, 11) is 3.12. The zero-order chi connectivity index (χ0) is 19.7. The quantitative estimate of drug-likeness (QED) is 0.508. The first kappa shape index (κ1) is 23.6. The lowest BCUT2D eigenvalue weighted by atomic mass is 9.88. The molecule has 0 aromatic heterocycles. The minimum Gasteiger partial charge on any atom is -0.444 e. The second-order valence-corrected chi connectivity index (χ2v) is 7.70. The Hall–Kier alpha value is -1.38. The van der Waals surface area contributed by atoms with Gasteiger partial charge in [0, 0.05) is 33.8 Å². The molecule has 0 radical (unpaired) electrons. The fourth-order valence-electron chi connectivity index (χ4n) is 2.08. The molecule has 0 saturated carbocycles. The molecule has 0 aliphatic rings. The van der Waals surface area contributed by atoms with Gasteiger partial charge in [0.1, 0.15) is 11.6 Å². The highest BCUT2D eigenvalue weighted by atomic mass is 16.7. The van der Waals surface area contributed by atoms with Crippen LogP contribution in [0.15, 0.2) is 0 Å². The lowest BCUT2D eigenvalue weighted by Crippen LogP contribution is -2.50. The van der Waals surface area contributed by atoms with Crippen LogP contribution in [0, 0.1) is 5.41 Å². The van der Waals surface area contributed by atoms with Gasteiger partial charge in [-0.15, -0.1) is 0 Å². The fourth-order valence-corrected chi connectivity index (χ4v) is 2.08. The Bertz CT molecular complexity index is 416. The normalized spacial score (nSPS) is 13.5. The van der Waals surface area contributed by atoms with Crippen molar-refractivity contribution in [3.8, 4) is 0 Å². The topological polar surface area (TPSA) is 106 Å². The predicted octanol–water partition coefficient (Wildman–Crippen LogP) is 1.41. The summed E-state index contributed by atoms with van der Waals surface area (Å²) in [5.41, 5.74) is -0.941. The van der Waals surface area contributed by atoms with Crippen LogP contribution in [-0.2, 0) is 19.0 Å². The van der Waals surface area contributed by atoms with Crippen LogP contribution in [0.25, 0.3) is 0 Å². The highest BCUT2D eigenvalue weighted by molar-refractivity contribution is 5.85. The Balaban J connectivity index is 4.65. The van der Waals surface area contributed by atoms with Crippen molar-refractivity contribution in [2.75, 3.05) is 27.4 Å². The smallest absolute Gasteiger partial charge is 0.408 e. The Morgan fingerprint density at radius 1 is 1.08 bits per heavy atom. The van der Waals surface area contributed by atoms with Gasteiger partial charge in [-0.25, -0.2) is 4.79 Å². The van der Waals surface area contributed by atoms with Crippen molar-refractivity contribution in [3.05, 3.63) is 0 Å². The first-order valence-corrected chi connectivity index (χ1v) is 8.38. The number of nitrogens with one attached hydrogen (secondary N) is 2. The molecule has 1 unspecified atom stereocenters. The van der Waals surface area contributed by atoms with Crippen LogP contribution in [0.2, 0.25) is 0 Å². The number of aliphatic hydroxyl groups is 1. The number of carbonyl (C=O) groups excluding carboxylic acids is 2. The van der Waals surface area contributed by atoms with E-state index in [1.54, 1.807) is 35.0 Å². The van der Waals surface area contributed by atoms with E-state index in [0.717, 1.165) is 0 Å². The molecule has 3 N–H and O–H groups in total. The molecule has 2 amide bonds. The monoisotopic (exact) mass is 362 g/mol. The lowest BCUT2D eigenvalue weighted by Gasteiger charge is -2.29. The standard InChI is InChI=1S/C17H34N2O6/c1-16(2,3)25-15(22)19-12(8-9-20)14(21)18-11-17(4,5)10-13(23-6)24-7/h12-13,20H,8-11H2,1-7H3,(H,18,21)(H,19,22). The van der Waals surface area contributed by atoms with Crippen LogP contribution in [0.1, 0.15) is 47.5 Å². The van der Waals surface area contributed by atoms with Gasteiger partial charge in [-0.05, 0) is 32.6 Å². The van der Waals surface area contributed by atoms with E-state index < -0.39 is 17.7 Å². The van der Waals surface area contributed by atoms with Gasteiger partial charge in [-0.3, -0.25) is 4.79 Å². The van der Waals surface area contributed by atoms with Gasteiger partial charge in [0.25, 0.3) is 0 Å². The molecule has 0 rings (SSSR count). The number of hydrogen-bond donors (Lipinski definition) is 3. The van der Waals surface area contributed by atoms with Crippen LogP contribution in [-0.4, -0.2) is 62.4 Å². The number of aliphatic hydroxyl groups excluding tert-OH is 1. The molecule has 0 aromatic carbocycles. The van der Waals surface area contributed by atoms with E-state index in [1.165, 1.54) is 0 Å². The predicted molar refractivity (Wildman–Crippen MR) is 94.1 cm³/mol. The molecule has 0 aliphatic carbocycles. The highest BCUT2D eigenvalue weighted by Crippen LogP contribution is 2.23. The van der Waals surface area contributed by atoms with Gasteiger partial charge in [-0.2, -0.15) is 0 Å². The Kier molecular flexibility index (Phi) is 9.99. The summed E-state index contributed by atoms with van der Waals surface area (Å²) in [6, 6.07) is -0.865. The summed E-state index contributed by atoms with van der Waals surface area (Å²) >= 11 is 0. The highest BCUT2D eigenvalue weighted by Gasteiger charge is 2.27. The minimum atomic E-state index is -0.865. The van der Waals surface area contributed by atoms with Crippen LogP contribution in [0.5, 0.6) is 0 Å². The molecule has 0 spiro atoms. The largest absolute Gasteiger partial charge is 0.444 e. The van der Waals surface area contributed by atoms with Gasteiger partial charge >= 0.3 is 6.09 Å². The lowest BCUT2D eigenvalue weighted by molar-refractivity contribution is -0.128. The Morgan fingerprint density at radius 3 is 2.08 bits per heavy atom. The molecular weight excluding hydrogens is 328 g/mol. The molecule has 1 atom stereocenters. The maximum Gasteiger partial charge on any atom is 0.408 e. The van der Waals surface area contributed by atoms with Gasteiger partial charge in [0.05, 0.1) is 0 Å². The van der Waals surface area contributed by atoms with E-state index in [-0.39, 0.29) is 30.6 Å². The minimum absolute atomic E-state index is 0.101. The molecule has 148 valence electrons. The SMILES string of the molecule is COC(CC(C)(C)CNC(=O)C(CCO)NC(=O)OC(C)(C)C)OC. The Morgan fingerprint density at radius 2 is 1.64 bits per heavy atom. The third-order valence-corrected chi connectivity index (χ3v) is 3.41. The fraction of sp³-hybridized carbons (Fsp3) is 0.882. The number of hydrogen-bond acceptors (Lipinski definition) is 6. The van der Waals surface area contributed by atoms with Gasteiger partial charge in [0.15, 0.2) is 6.29 Å². The van der Waals surface area contributed by atoms with Crippen molar-refractivity contribution >= 4 is 12.0 Å². The van der Waals surface area contributed by atoms with E-state index in [9.17, 15) is 9.59 Å². The Labute approximate surface area is 150 Å². The molecule has 8 nitrogen and oxygen atoms in total. The number of alkyl carbamates (subject to hydrolysis) is 1. The van der Waals surface area contributed by atoms with Crippen LogP contribution >= 0.6 is 0 Å². The third kappa shape index (κ3) is 11.0. The van der Waals surface area contributed by atoms with Gasteiger partial charge < -0.3 is 30.0 Å². The van der Waals surface area contributed by atoms with Crippen LogP contribution < -0.4 is 10.6 Å². The number of ether oxygens (including phenoxy) is 3. The van der Waals surface area contributed by atoms with E-state index >= 15 is 0 Å². The van der Waals surface area contributed by atoms with Crippen molar-refractivity contribution in [2.45, 2.75) is 65.4 Å². The average molecular weight is 362 g/mol. The second-order valence-electron chi connectivity index (χ2n) is 7.70. The molecule has 0 aliphatic heterocycles. The number of methoxy groups -OCH3 is 2. The molecule has 25 heavy (non-hydrogen) atoms. The van der Waals surface area contributed by atoms with Crippen molar-refractivity contribution < 1.29 is 28.9 Å². The molecule has 0 bridgehead atoms. The van der Waals surface area contributed by atoms with Crippen molar-refractivity contribution in [1.29, 1.82) is 0 Å². The molecule has 0 saturated heterocycles. The zero-order valence-corrected chi connectivity index (χ0v) is 16.5. The first-order chi connectivity index (χ1) is 11.4. The van der Waals surface area contributed by atoms with E-state index in [1.807, 2.05) is 13.8 Å². The van der Waals surface area contributed by atoms with Gasteiger partial charge in [0.2, 0.25) is 5.91 Å². The number of rotatable bonds is 10. The maximum absolute atomic E-state index is 12.4. The van der Waals surface area contributed by atoms with E-state index in [2.05, 4.69) is 10.6 Å². The molecule has 0 heterocycles. The summed E-state index contributed by atoms with van der Waals surface area (Å²) < 4.78 is 15.5. The zero-order valence-electron chi connectivity index (χ0n) is 16.5. The average Bonchev–Trinajstić information content (AvgIpc) is 2.48. The summed E-state index contributed by atoms with van der Waals surface area (Å²) in [5.74, 6) is -0.376. The molecule has 8 heteroatoms. The number of carbonyl (C=O) groups is 2. The number of amides is 2. The van der Waals surface area contributed by atoms with Crippen molar-refractivity contribution in [1.82, 2.24) is 10.6 Å². The summed E-state index contributed by atoms with van der Waals surface area (Å²) in [4.78, 5) is 24.2. The summed E-state index contributed by atoms with van der Waals surface area (Å²) in [6.45, 7) is 9.29. The third-order valence-electron chi connectivity index (χ3n) is 3.41. The van der Waals surface area contributed by atoms with E-state index in [4.69, 9.17) is 19.3 Å². The van der Waals surface area contributed by atoms with Crippen molar-refractivity contribution in [3.63, 3.8) is 0 Å². The molecule has 0 aromatic rings. The first-order valence-electron chi connectivity index (χ1n) is 8.38. The van der Waals surface area contributed by atoms with Gasteiger partial charge in [-0.1, -0.05) is 13.8 Å². The molecular formula is C17H34N2O6.